The predicted molar refractivity (Wildman–Crippen MR) is 74.8 cm³/mol. The Bertz CT molecular complexity index is 180. The van der Waals surface area contributed by atoms with E-state index in [0.29, 0.717) is 0 Å². The summed E-state index contributed by atoms with van der Waals surface area (Å²) in [6.07, 6.45) is 13.4. The Hall–Kier alpha value is -0.530. The van der Waals surface area contributed by atoms with E-state index in [1.54, 1.807) is 4.90 Å². The van der Waals surface area contributed by atoms with Crippen LogP contribution in [0, 0.1) is 6.42 Å². The van der Waals surface area contributed by atoms with Gasteiger partial charge in [-0.3, -0.25) is 4.79 Å². The Balaban J connectivity index is 3.16. The minimum absolute atomic E-state index is 0.176. The second-order valence-corrected chi connectivity index (χ2v) is 4.82. The van der Waals surface area contributed by atoms with Gasteiger partial charge in [0.05, 0.1) is 0 Å². The lowest BCUT2D eigenvalue weighted by Crippen LogP contribution is -2.26. The number of nitrogens with zero attached hydrogens (tertiary/aromatic N) is 1. The SMILES string of the molecule is CCCCCCCCCC[CH]C(=O)N(C)CC. The Morgan fingerprint density at radius 1 is 0.941 bits per heavy atom. The van der Waals surface area contributed by atoms with Gasteiger partial charge >= 0.3 is 0 Å². The van der Waals surface area contributed by atoms with Crippen molar-refractivity contribution in [3.05, 3.63) is 6.42 Å². The first-order valence-electron chi connectivity index (χ1n) is 7.30. The van der Waals surface area contributed by atoms with Gasteiger partial charge in [-0.15, -0.1) is 0 Å². The Morgan fingerprint density at radius 2 is 1.47 bits per heavy atom. The van der Waals surface area contributed by atoms with Crippen molar-refractivity contribution in [3.8, 4) is 0 Å². The van der Waals surface area contributed by atoms with E-state index in [1.807, 2.05) is 20.4 Å². The lowest BCUT2D eigenvalue weighted by Gasteiger charge is -2.13. The third kappa shape index (κ3) is 10.3. The molecule has 0 heterocycles. The van der Waals surface area contributed by atoms with E-state index in [0.717, 1.165) is 19.4 Å². The molecule has 0 spiro atoms. The summed E-state index contributed by atoms with van der Waals surface area (Å²) in [5.41, 5.74) is 0. The molecule has 0 N–H and O–H groups in total. The number of carbonyl (C=O) groups excluding carboxylic acids is 1. The molecule has 1 radical (unpaired) electrons. The lowest BCUT2D eigenvalue weighted by atomic mass is 10.1. The van der Waals surface area contributed by atoms with Crippen molar-refractivity contribution in [1.29, 1.82) is 0 Å². The largest absolute Gasteiger partial charge is 0.346 e. The van der Waals surface area contributed by atoms with Crippen molar-refractivity contribution >= 4 is 5.91 Å². The molecule has 101 valence electrons. The van der Waals surface area contributed by atoms with Crippen LogP contribution < -0.4 is 0 Å². The smallest absolute Gasteiger partial charge is 0.226 e. The normalized spacial score (nSPS) is 10.5. The Kier molecular flexibility index (Phi) is 11.6. The number of rotatable bonds is 11. The molecule has 0 saturated carbocycles. The van der Waals surface area contributed by atoms with Crippen LogP contribution >= 0.6 is 0 Å². The van der Waals surface area contributed by atoms with Gasteiger partial charge in [0.25, 0.3) is 0 Å². The molecule has 0 unspecified atom stereocenters. The zero-order valence-corrected chi connectivity index (χ0v) is 12.0. The van der Waals surface area contributed by atoms with Crippen molar-refractivity contribution in [2.45, 2.75) is 71.6 Å². The molecule has 0 rings (SSSR count). The minimum Gasteiger partial charge on any atom is -0.346 e. The van der Waals surface area contributed by atoms with Gasteiger partial charge in [-0.05, 0) is 13.3 Å². The predicted octanol–water partition coefficient (Wildman–Crippen LogP) is 4.20. The van der Waals surface area contributed by atoms with Crippen LogP contribution in [0.5, 0.6) is 0 Å². The molecule has 0 aromatic carbocycles. The molecule has 0 aromatic heterocycles. The number of amides is 1. The van der Waals surface area contributed by atoms with E-state index in [4.69, 9.17) is 0 Å². The van der Waals surface area contributed by atoms with Crippen molar-refractivity contribution in [3.63, 3.8) is 0 Å². The summed E-state index contributed by atoms with van der Waals surface area (Å²) in [7, 11) is 1.85. The van der Waals surface area contributed by atoms with Crippen molar-refractivity contribution in [1.82, 2.24) is 4.90 Å². The molecule has 0 aliphatic heterocycles. The maximum atomic E-state index is 11.5. The van der Waals surface area contributed by atoms with E-state index in [-0.39, 0.29) is 5.91 Å². The molecular weight excluding hydrogens is 210 g/mol. The van der Waals surface area contributed by atoms with Crippen LogP contribution in [0.1, 0.15) is 71.6 Å². The maximum absolute atomic E-state index is 11.5. The summed E-state index contributed by atoms with van der Waals surface area (Å²) in [5.74, 6) is 0.176. The summed E-state index contributed by atoms with van der Waals surface area (Å²) in [6, 6.07) is 0. The second kappa shape index (κ2) is 11.9. The fraction of sp³-hybridized carbons (Fsp3) is 0.867. The molecule has 0 aliphatic carbocycles. The third-order valence-electron chi connectivity index (χ3n) is 3.23. The van der Waals surface area contributed by atoms with E-state index >= 15 is 0 Å². The minimum atomic E-state index is 0.176. The highest BCUT2D eigenvalue weighted by Gasteiger charge is 2.05. The molecule has 0 atom stereocenters. The summed E-state index contributed by atoms with van der Waals surface area (Å²) < 4.78 is 0. The molecule has 17 heavy (non-hydrogen) atoms. The molecule has 2 nitrogen and oxygen atoms in total. The van der Waals surface area contributed by atoms with Gasteiger partial charge < -0.3 is 4.90 Å². The molecule has 0 aromatic rings. The molecule has 0 bridgehead atoms. The number of carbonyl (C=O) groups is 1. The number of hydrogen-bond acceptors (Lipinski definition) is 1. The molecule has 1 amide bonds. The fourth-order valence-corrected chi connectivity index (χ4v) is 1.82. The van der Waals surface area contributed by atoms with Gasteiger partial charge in [0, 0.05) is 20.0 Å². The van der Waals surface area contributed by atoms with Gasteiger partial charge in [0.1, 0.15) is 0 Å². The summed E-state index contributed by atoms with van der Waals surface area (Å²) in [4.78, 5) is 13.2. The fourth-order valence-electron chi connectivity index (χ4n) is 1.82. The summed E-state index contributed by atoms with van der Waals surface area (Å²) >= 11 is 0. The van der Waals surface area contributed by atoms with Crippen molar-refractivity contribution in [2.24, 2.45) is 0 Å². The van der Waals surface area contributed by atoms with Crippen LogP contribution in [-0.4, -0.2) is 24.4 Å². The first-order valence-corrected chi connectivity index (χ1v) is 7.30. The lowest BCUT2D eigenvalue weighted by molar-refractivity contribution is -0.126. The molecular formula is C15H30NO. The van der Waals surface area contributed by atoms with Crippen molar-refractivity contribution in [2.75, 3.05) is 13.6 Å². The summed E-state index contributed by atoms with van der Waals surface area (Å²) in [5, 5.41) is 0. The molecule has 0 aliphatic rings. The number of unbranched alkanes of at least 4 members (excludes halogenated alkanes) is 8. The van der Waals surface area contributed by atoms with Gasteiger partial charge in [-0.25, -0.2) is 0 Å². The highest BCUT2D eigenvalue weighted by Crippen LogP contribution is 2.10. The Morgan fingerprint density at radius 3 is 2.00 bits per heavy atom. The van der Waals surface area contributed by atoms with Crippen molar-refractivity contribution < 1.29 is 4.79 Å². The zero-order chi connectivity index (χ0) is 12.9. The molecule has 2 heteroatoms. The van der Waals surface area contributed by atoms with Crippen LogP contribution in [0.3, 0.4) is 0 Å². The molecule has 0 fully saturated rings. The third-order valence-corrected chi connectivity index (χ3v) is 3.23. The molecule has 0 saturated heterocycles. The van der Waals surface area contributed by atoms with Crippen LogP contribution in [0.2, 0.25) is 0 Å². The van der Waals surface area contributed by atoms with Crippen LogP contribution in [-0.2, 0) is 4.79 Å². The van der Waals surface area contributed by atoms with Gasteiger partial charge in [-0.2, -0.15) is 0 Å². The second-order valence-electron chi connectivity index (χ2n) is 4.82. The Labute approximate surface area is 108 Å². The summed E-state index contributed by atoms with van der Waals surface area (Å²) in [6.45, 7) is 5.05. The van der Waals surface area contributed by atoms with Gasteiger partial charge in [-0.1, -0.05) is 58.3 Å². The first-order chi connectivity index (χ1) is 8.22. The zero-order valence-electron chi connectivity index (χ0n) is 12.0. The van der Waals surface area contributed by atoms with Gasteiger partial charge in [0.15, 0.2) is 0 Å². The standard InChI is InChI=1S/C15H30NO/c1-4-6-7-8-9-10-11-12-13-14-15(17)16(3)5-2/h14H,4-13H2,1-3H3. The maximum Gasteiger partial charge on any atom is 0.226 e. The van der Waals surface area contributed by atoms with Crippen LogP contribution in [0.4, 0.5) is 0 Å². The average molecular weight is 240 g/mol. The first kappa shape index (κ1) is 16.5. The topological polar surface area (TPSA) is 20.3 Å². The van der Waals surface area contributed by atoms with E-state index in [1.165, 1.54) is 44.9 Å². The number of hydrogen-bond donors (Lipinski definition) is 0. The average Bonchev–Trinajstić information content (AvgIpc) is 2.35. The quantitative estimate of drug-likeness (QED) is 0.496. The van der Waals surface area contributed by atoms with E-state index < -0.39 is 0 Å². The van der Waals surface area contributed by atoms with E-state index in [9.17, 15) is 4.79 Å². The highest BCUT2D eigenvalue weighted by atomic mass is 16.2. The monoisotopic (exact) mass is 240 g/mol. The van der Waals surface area contributed by atoms with Crippen LogP contribution in [0.15, 0.2) is 0 Å². The van der Waals surface area contributed by atoms with Gasteiger partial charge in [0.2, 0.25) is 5.91 Å². The van der Waals surface area contributed by atoms with Crippen LogP contribution in [0.25, 0.3) is 0 Å². The highest BCUT2D eigenvalue weighted by molar-refractivity contribution is 5.84. The van der Waals surface area contributed by atoms with E-state index in [2.05, 4.69) is 6.92 Å².